The molecule has 0 N–H and O–H groups in total. The van der Waals surface area contributed by atoms with E-state index < -0.39 is 0 Å². The van der Waals surface area contributed by atoms with Crippen LogP contribution >= 0.6 is 22.9 Å². The molecule has 0 spiro atoms. The molecular weight excluding hydrogens is 192 g/mol. The van der Waals surface area contributed by atoms with E-state index in [9.17, 15) is 4.79 Å². The number of thiophene rings is 1. The van der Waals surface area contributed by atoms with Gasteiger partial charge in [-0.2, -0.15) is 0 Å². The fourth-order valence-corrected chi connectivity index (χ4v) is 2.07. The summed E-state index contributed by atoms with van der Waals surface area (Å²) in [7, 11) is 0. The zero-order valence-corrected chi connectivity index (χ0v) is 8.54. The van der Waals surface area contributed by atoms with Gasteiger partial charge in [-0.1, -0.05) is 18.5 Å². The number of aryl methyl sites for hydroxylation is 1. The van der Waals surface area contributed by atoms with Gasteiger partial charge in [-0.25, -0.2) is 0 Å². The summed E-state index contributed by atoms with van der Waals surface area (Å²) in [6.07, 6.45) is 2.04. The summed E-state index contributed by atoms with van der Waals surface area (Å²) in [5, 5.41) is 2.75. The Morgan fingerprint density at radius 3 is 2.92 bits per heavy atom. The van der Waals surface area contributed by atoms with Gasteiger partial charge in [-0.15, -0.1) is 11.3 Å². The lowest BCUT2D eigenvalue weighted by Crippen LogP contribution is -1.96. The second-order valence-corrected chi connectivity index (χ2v) is 3.99. The number of rotatable bonds is 4. The van der Waals surface area contributed by atoms with Crippen molar-refractivity contribution in [2.75, 3.05) is 0 Å². The summed E-state index contributed by atoms with van der Waals surface area (Å²) in [5.74, 6) is 0.305. The van der Waals surface area contributed by atoms with Crippen LogP contribution in [0.3, 0.4) is 0 Å². The van der Waals surface area contributed by atoms with Crippen molar-refractivity contribution >= 4 is 28.7 Å². The van der Waals surface area contributed by atoms with E-state index in [0.29, 0.717) is 18.6 Å². The molecule has 0 aromatic carbocycles. The molecule has 0 saturated heterocycles. The maximum atomic E-state index is 11.0. The average Bonchev–Trinajstić information content (AvgIpc) is 2.47. The van der Waals surface area contributed by atoms with Gasteiger partial charge in [0.2, 0.25) is 0 Å². The number of carbonyl (C=O) groups is 1. The highest BCUT2D eigenvalue weighted by atomic mass is 35.5. The molecule has 12 heavy (non-hydrogen) atoms. The molecule has 66 valence electrons. The molecule has 0 radical (unpaired) electrons. The number of hydrogen-bond acceptors (Lipinski definition) is 2. The number of carbonyl (C=O) groups excluding carboxylic acids is 1. The van der Waals surface area contributed by atoms with Crippen LogP contribution in [0.1, 0.15) is 24.6 Å². The molecule has 0 aliphatic heterocycles. The van der Waals surface area contributed by atoms with E-state index in [2.05, 4.69) is 0 Å². The Balaban J connectivity index is 2.43. The highest BCUT2D eigenvalue weighted by Crippen LogP contribution is 2.23. The van der Waals surface area contributed by atoms with Crippen LogP contribution in [0.4, 0.5) is 0 Å². The minimum atomic E-state index is 0.305. The third-order valence-electron chi connectivity index (χ3n) is 1.72. The van der Waals surface area contributed by atoms with Crippen LogP contribution in [-0.4, -0.2) is 5.78 Å². The van der Waals surface area contributed by atoms with Gasteiger partial charge in [0.05, 0.1) is 5.02 Å². The summed E-state index contributed by atoms with van der Waals surface area (Å²) >= 11 is 7.48. The van der Waals surface area contributed by atoms with Gasteiger partial charge in [0.15, 0.2) is 0 Å². The molecule has 0 aliphatic carbocycles. The maximum Gasteiger partial charge on any atom is 0.132 e. The fraction of sp³-hybridized carbons (Fsp3) is 0.444. The number of halogens is 1. The molecule has 1 heterocycles. The predicted octanol–water partition coefficient (Wildman–Crippen LogP) is 3.31. The SMILES string of the molecule is CCC(=O)CCc1sccc1Cl. The minimum absolute atomic E-state index is 0.305. The van der Waals surface area contributed by atoms with Gasteiger partial charge in [0.1, 0.15) is 5.78 Å². The van der Waals surface area contributed by atoms with Crippen LogP contribution in [0.5, 0.6) is 0 Å². The molecular formula is C9H11ClOS. The summed E-state index contributed by atoms with van der Waals surface area (Å²) < 4.78 is 0. The van der Waals surface area contributed by atoms with Crippen molar-refractivity contribution in [3.05, 3.63) is 21.3 Å². The first kappa shape index (κ1) is 9.75. The van der Waals surface area contributed by atoms with Crippen molar-refractivity contribution in [2.24, 2.45) is 0 Å². The Hall–Kier alpha value is -0.340. The molecule has 0 aliphatic rings. The first-order chi connectivity index (χ1) is 5.74. The summed E-state index contributed by atoms with van der Waals surface area (Å²) in [4.78, 5) is 12.1. The predicted molar refractivity (Wildman–Crippen MR) is 52.9 cm³/mol. The Labute approximate surface area is 81.4 Å². The minimum Gasteiger partial charge on any atom is -0.300 e. The molecule has 0 amide bonds. The lowest BCUT2D eigenvalue weighted by Gasteiger charge is -1.95. The molecule has 0 fully saturated rings. The highest BCUT2D eigenvalue weighted by Gasteiger charge is 2.04. The summed E-state index contributed by atoms with van der Waals surface area (Å²) in [6.45, 7) is 1.89. The van der Waals surface area contributed by atoms with Gasteiger partial charge in [-0.05, 0) is 17.9 Å². The van der Waals surface area contributed by atoms with E-state index in [1.165, 1.54) is 0 Å². The molecule has 0 bridgehead atoms. The van der Waals surface area contributed by atoms with Crippen LogP contribution in [0.25, 0.3) is 0 Å². The van der Waals surface area contributed by atoms with E-state index in [1.54, 1.807) is 11.3 Å². The maximum absolute atomic E-state index is 11.0. The second kappa shape index (κ2) is 4.63. The Morgan fingerprint density at radius 2 is 2.42 bits per heavy atom. The van der Waals surface area contributed by atoms with Crippen LogP contribution in [0, 0.1) is 0 Å². The Kier molecular flexibility index (Phi) is 3.76. The van der Waals surface area contributed by atoms with Gasteiger partial charge in [-0.3, -0.25) is 4.79 Å². The van der Waals surface area contributed by atoms with E-state index in [-0.39, 0.29) is 0 Å². The van der Waals surface area contributed by atoms with Gasteiger partial charge >= 0.3 is 0 Å². The Bertz CT molecular complexity index is 267. The first-order valence-electron chi connectivity index (χ1n) is 3.97. The molecule has 3 heteroatoms. The molecule has 1 aromatic heterocycles. The van der Waals surface area contributed by atoms with Crippen LogP contribution in [0.15, 0.2) is 11.4 Å². The highest BCUT2D eigenvalue weighted by molar-refractivity contribution is 7.10. The number of Topliss-reactive ketones (excluding diaryl/α,β-unsaturated/α-hetero) is 1. The smallest absolute Gasteiger partial charge is 0.132 e. The molecule has 0 unspecified atom stereocenters. The summed E-state index contributed by atoms with van der Waals surface area (Å²) in [6, 6.07) is 1.87. The van der Waals surface area contributed by atoms with Gasteiger partial charge < -0.3 is 0 Å². The average molecular weight is 203 g/mol. The standard InChI is InChI=1S/C9H11ClOS/c1-2-7(11)3-4-9-8(10)5-6-12-9/h5-6H,2-4H2,1H3. The van der Waals surface area contributed by atoms with E-state index >= 15 is 0 Å². The van der Waals surface area contributed by atoms with Crippen molar-refractivity contribution in [1.82, 2.24) is 0 Å². The quantitative estimate of drug-likeness (QED) is 0.732. The largest absolute Gasteiger partial charge is 0.300 e. The van der Waals surface area contributed by atoms with Crippen LogP contribution in [-0.2, 0) is 11.2 Å². The number of ketones is 1. The zero-order chi connectivity index (χ0) is 8.97. The second-order valence-electron chi connectivity index (χ2n) is 2.58. The first-order valence-corrected chi connectivity index (χ1v) is 5.23. The summed E-state index contributed by atoms with van der Waals surface area (Å²) in [5.41, 5.74) is 0. The molecule has 0 atom stereocenters. The monoisotopic (exact) mass is 202 g/mol. The van der Waals surface area contributed by atoms with Crippen molar-refractivity contribution in [3.8, 4) is 0 Å². The van der Waals surface area contributed by atoms with Crippen molar-refractivity contribution in [2.45, 2.75) is 26.2 Å². The topological polar surface area (TPSA) is 17.1 Å². The Morgan fingerprint density at radius 1 is 1.67 bits per heavy atom. The molecule has 1 nitrogen and oxygen atoms in total. The van der Waals surface area contributed by atoms with Crippen molar-refractivity contribution < 1.29 is 4.79 Å². The van der Waals surface area contributed by atoms with Crippen molar-refractivity contribution in [1.29, 1.82) is 0 Å². The number of hydrogen-bond donors (Lipinski definition) is 0. The lowest BCUT2D eigenvalue weighted by atomic mass is 10.1. The third-order valence-corrected chi connectivity index (χ3v) is 3.16. The van der Waals surface area contributed by atoms with Crippen molar-refractivity contribution in [3.63, 3.8) is 0 Å². The zero-order valence-electron chi connectivity index (χ0n) is 6.97. The third kappa shape index (κ3) is 2.61. The van der Waals surface area contributed by atoms with E-state index in [4.69, 9.17) is 11.6 Å². The molecule has 1 aromatic rings. The van der Waals surface area contributed by atoms with E-state index in [1.807, 2.05) is 18.4 Å². The molecule has 0 saturated carbocycles. The fourth-order valence-electron chi connectivity index (χ4n) is 0.933. The van der Waals surface area contributed by atoms with Crippen LogP contribution in [0.2, 0.25) is 5.02 Å². The molecule has 1 rings (SSSR count). The van der Waals surface area contributed by atoms with Crippen LogP contribution < -0.4 is 0 Å². The van der Waals surface area contributed by atoms with E-state index in [0.717, 1.165) is 16.3 Å². The van der Waals surface area contributed by atoms with Gasteiger partial charge in [0.25, 0.3) is 0 Å². The van der Waals surface area contributed by atoms with Gasteiger partial charge in [0, 0.05) is 17.7 Å². The lowest BCUT2D eigenvalue weighted by molar-refractivity contribution is -0.118. The normalized spacial score (nSPS) is 10.2.